The molecule has 0 aromatic rings. The molecule has 1 fully saturated rings. The van der Waals surface area contributed by atoms with E-state index in [9.17, 15) is 9.90 Å². The molecule has 1 unspecified atom stereocenters. The summed E-state index contributed by atoms with van der Waals surface area (Å²) in [6.45, 7) is 6.87. The molecule has 1 N–H and O–H groups in total. The molecule has 4 nitrogen and oxygen atoms in total. The zero-order valence-electron chi connectivity index (χ0n) is 10.0. The van der Waals surface area contributed by atoms with Crippen molar-refractivity contribution >= 4 is 5.97 Å². The van der Waals surface area contributed by atoms with Gasteiger partial charge in [-0.25, -0.2) is 0 Å². The highest BCUT2D eigenvalue weighted by Crippen LogP contribution is 2.24. The summed E-state index contributed by atoms with van der Waals surface area (Å²) in [6.07, 6.45) is 0.733. The molecule has 4 heteroatoms. The number of ether oxygens (including phenoxy) is 1. The van der Waals surface area contributed by atoms with Gasteiger partial charge in [-0.1, -0.05) is 0 Å². The third kappa shape index (κ3) is 4.18. The maximum absolute atomic E-state index is 11.5. The lowest BCUT2D eigenvalue weighted by Gasteiger charge is -2.25. The van der Waals surface area contributed by atoms with Gasteiger partial charge in [-0.3, -0.25) is 4.79 Å². The molecule has 0 spiro atoms. The van der Waals surface area contributed by atoms with Crippen LogP contribution >= 0.6 is 0 Å². The highest BCUT2D eigenvalue weighted by molar-refractivity contribution is 5.71. The van der Waals surface area contributed by atoms with E-state index in [2.05, 4.69) is 0 Å². The van der Waals surface area contributed by atoms with E-state index in [1.807, 2.05) is 32.7 Å². The van der Waals surface area contributed by atoms with Crippen LogP contribution in [0.4, 0.5) is 0 Å². The van der Waals surface area contributed by atoms with Gasteiger partial charge in [-0.2, -0.15) is 0 Å². The number of carbonyl (C=O) groups excluding carboxylic acids is 1. The van der Waals surface area contributed by atoms with Crippen molar-refractivity contribution in [1.82, 2.24) is 4.90 Å². The van der Waals surface area contributed by atoms with Crippen LogP contribution in [0.2, 0.25) is 0 Å². The molecule has 0 aromatic carbocycles. The molecule has 88 valence electrons. The van der Waals surface area contributed by atoms with Crippen molar-refractivity contribution in [3.8, 4) is 0 Å². The van der Waals surface area contributed by atoms with Crippen molar-refractivity contribution in [2.24, 2.45) is 0 Å². The summed E-state index contributed by atoms with van der Waals surface area (Å²) < 4.78 is 5.18. The van der Waals surface area contributed by atoms with Crippen LogP contribution in [0.3, 0.4) is 0 Å². The van der Waals surface area contributed by atoms with Crippen molar-refractivity contribution in [2.45, 2.75) is 44.8 Å². The molecule has 1 aliphatic heterocycles. The van der Waals surface area contributed by atoms with Gasteiger partial charge in [0.25, 0.3) is 0 Å². The van der Waals surface area contributed by atoms with Crippen molar-refractivity contribution in [3.63, 3.8) is 0 Å². The largest absolute Gasteiger partial charge is 0.460 e. The van der Waals surface area contributed by atoms with Crippen LogP contribution in [-0.2, 0) is 9.53 Å². The van der Waals surface area contributed by atoms with Gasteiger partial charge in [-0.15, -0.1) is 0 Å². The first-order valence-corrected chi connectivity index (χ1v) is 5.33. The fourth-order valence-electron chi connectivity index (χ4n) is 1.85. The van der Waals surface area contributed by atoms with E-state index in [1.54, 1.807) is 0 Å². The molecule has 1 aliphatic rings. The van der Waals surface area contributed by atoms with Gasteiger partial charge in [0.15, 0.2) is 0 Å². The highest BCUT2D eigenvalue weighted by atomic mass is 16.6. The third-order valence-electron chi connectivity index (χ3n) is 2.42. The monoisotopic (exact) mass is 215 g/mol. The Morgan fingerprint density at radius 2 is 2.13 bits per heavy atom. The van der Waals surface area contributed by atoms with Crippen molar-refractivity contribution in [1.29, 1.82) is 0 Å². The number of esters is 1. The van der Waals surface area contributed by atoms with Gasteiger partial charge in [0.1, 0.15) is 5.60 Å². The Bertz CT molecular complexity index is 247. The molecule has 0 aliphatic carbocycles. The summed E-state index contributed by atoms with van der Waals surface area (Å²) in [5.41, 5.74) is -1.37. The summed E-state index contributed by atoms with van der Waals surface area (Å²) in [5.74, 6) is -0.319. The van der Waals surface area contributed by atoms with E-state index in [1.165, 1.54) is 0 Å². The van der Waals surface area contributed by atoms with Gasteiger partial charge < -0.3 is 14.7 Å². The van der Waals surface area contributed by atoms with Gasteiger partial charge in [-0.05, 0) is 34.2 Å². The number of hydrogen-bond donors (Lipinski definition) is 1. The molecule has 1 heterocycles. The minimum Gasteiger partial charge on any atom is -0.460 e. The zero-order valence-corrected chi connectivity index (χ0v) is 10.0. The number of rotatable bonds is 2. The Kier molecular flexibility index (Phi) is 3.41. The lowest BCUT2D eigenvalue weighted by molar-refractivity contribution is -0.159. The number of carbonyl (C=O) groups is 1. The molecule has 15 heavy (non-hydrogen) atoms. The first-order chi connectivity index (χ1) is 6.70. The lowest BCUT2D eigenvalue weighted by atomic mass is 9.99. The van der Waals surface area contributed by atoms with Crippen LogP contribution < -0.4 is 0 Å². The predicted molar refractivity (Wildman–Crippen MR) is 57.5 cm³/mol. The quantitative estimate of drug-likeness (QED) is 0.692. The van der Waals surface area contributed by atoms with Crippen LogP contribution in [-0.4, -0.2) is 47.3 Å². The van der Waals surface area contributed by atoms with Gasteiger partial charge in [0.2, 0.25) is 0 Å². The normalized spacial score (nSPS) is 28.1. The molecule has 0 aromatic heterocycles. The summed E-state index contributed by atoms with van der Waals surface area (Å²) in [4.78, 5) is 13.5. The van der Waals surface area contributed by atoms with Gasteiger partial charge >= 0.3 is 5.97 Å². The van der Waals surface area contributed by atoms with E-state index in [0.717, 1.165) is 6.54 Å². The second kappa shape index (κ2) is 4.10. The molecule has 0 bridgehead atoms. The van der Waals surface area contributed by atoms with Crippen molar-refractivity contribution < 1.29 is 14.6 Å². The molecule has 0 amide bonds. The van der Waals surface area contributed by atoms with E-state index in [-0.39, 0.29) is 12.4 Å². The van der Waals surface area contributed by atoms with Gasteiger partial charge in [0.05, 0.1) is 12.0 Å². The number of nitrogens with zero attached hydrogens (tertiary/aromatic N) is 1. The second-order valence-electron chi connectivity index (χ2n) is 5.48. The molecule has 1 rings (SSSR count). The average Bonchev–Trinajstić information content (AvgIpc) is 2.25. The van der Waals surface area contributed by atoms with Gasteiger partial charge in [0, 0.05) is 13.1 Å². The summed E-state index contributed by atoms with van der Waals surface area (Å²) in [7, 11) is 1.94. The first-order valence-electron chi connectivity index (χ1n) is 5.33. The smallest absolute Gasteiger partial charge is 0.309 e. The summed E-state index contributed by atoms with van der Waals surface area (Å²) in [5, 5.41) is 10.1. The fraction of sp³-hybridized carbons (Fsp3) is 0.909. The molecule has 1 saturated heterocycles. The average molecular weight is 215 g/mol. The zero-order chi connectivity index (χ0) is 11.7. The number of likely N-dealkylation sites (N-methyl/N-ethyl adjacent to an activating group) is 1. The second-order valence-corrected chi connectivity index (χ2v) is 5.48. The van der Waals surface area contributed by atoms with E-state index in [4.69, 9.17) is 4.74 Å². The predicted octanol–water partition coefficient (Wildman–Crippen LogP) is 0.785. The number of likely N-dealkylation sites (tertiary alicyclic amines) is 1. The van der Waals surface area contributed by atoms with Crippen molar-refractivity contribution in [2.75, 3.05) is 20.1 Å². The molecule has 0 radical (unpaired) electrons. The maximum Gasteiger partial charge on any atom is 0.309 e. The Balaban J connectivity index is 2.45. The Morgan fingerprint density at radius 1 is 1.53 bits per heavy atom. The van der Waals surface area contributed by atoms with E-state index in [0.29, 0.717) is 13.0 Å². The minimum atomic E-state index is -0.892. The minimum absolute atomic E-state index is 0.0919. The number of aliphatic hydroxyl groups is 1. The Hall–Kier alpha value is -0.610. The summed E-state index contributed by atoms with van der Waals surface area (Å²) in [6, 6.07) is 0. The van der Waals surface area contributed by atoms with Crippen molar-refractivity contribution in [3.05, 3.63) is 0 Å². The molecular formula is C11H21NO3. The topological polar surface area (TPSA) is 49.8 Å². The number of β-amino-alcohol motifs (C(OH)–C–C–N with tert-alkyl or cyclic N) is 1. The first kappa shape index (κ1) is 12.5. The van der Waals surface area contributed by atoms with Crippen LogP contribution in [0.1, 0.15) is 33.6 Å². The lowest BCUT2D eigenvalue weighted by Crippen LogP contribution is -2.37. The van der Waals surface area contributed by atoms with Crippen LogP contribution in [0.5, 0.6) is 0 Å². The maximum atomic E-state index is 11.5. The number of hydrogen-bond acceptors (Lipinski definition) is 4. The van der Waals surface area contributed by atoms with E-state index < -0.39 is 11.2 Å². The molecule has 0 saturated carbocycles. The molecular weight excluding hydrogens is 194 g/mol. The highest BCUT2D eigenvalue weighted by Gasteiger charge is 2.37. The molecule has 1 atom stereocenters. The Morgan fingerprint density at radius 3 is 2.53 bits per heavy atom. The van der Waals surface area contributed by atoms with Crippen LogP contribution in [0, 0.1) is 0 Å². The standard InChI is InChI=1S/C11H21NO3/c1-10(2,3)15-9(13)7-11(14)5-6-12(4)8-11/h14H,5-8H2,1-4H3. The summed E-state index contributed by atoms with van der Waals surface area (Å²) >= 11 is 0. The SMILES string of the molecule is CN1CCC(O)(CC(=O)OC(C)(C)C)C1. The van der Waals surface area contributed by atoms with Crippen LogP contribution in [0.15, 0.2) is 0 Å². The fourth-order valence-corrected chi connectivity index (χ4v) is 1.85. The van der Waals surface area contributed by atoms with E-state index >= 15 is 0 Å². The Labute approximate surface area is 91.2 Å². The third-order valence-corrected chi connectivity index (χ3v) is 2.42. The van der Waals surface area contributed by atoms with Crippen LogP contribution in [0.25, 0.3) is 0 Å².